The van der Waals surface area contributed by atoms with Crippen molar-refractivity contribution < 1.29 is 9.53 Å². The van der Waals surface area contributed by atoms with Crippen LogP contribution in [-0.4, -0.2) is 28.6 Å². The first kappa shape index (κ1) is 26.7. The summed E-state index contributed by atoms with van der Waals surface area (Å²) in [4.78, 5) is 17.1. The molecule has 1 aromatic heterocycles. The van der Waals surface area contributed by atoms with Crippen LogP contribution in [0.15, 0.2) is 66.7 Å². The van der Waals surface area contributed by atoms with E-state index in [9.17, 15) is 4.79 Å². The maximum atomic E-state index is 12.2. The smallest absolute Gasteiger partial charge is 0.224 e. The van der Waals surface area contributed by atoms with Crippen molar-refractivity contribution in [3.8, 4) is 5.75 Å². The molecule has 4 aromatic rings. The SMILES string of the molecule is Cc1ccc(OCCCn2c(CCCCCNC(=O)Cc3ccccc3Cl)nc3ccccc32)c(C)c1. The summed E-state index contributed by atoms with van der Waals surface area (Å²) in [5, 5.41) is 3.65. The largest absolute Gasteiger partial charge is 0.493 e. The minimum Gasteiger partial charge on any atom is -0.493 e. The number of amides is 1. The molecular weight excluding hydrogens is 482 g/mol. The topological polar surface area (TPSA) is 56.1 Å². The molecule has 0 atom stereocenters. The van der Waals surface area contributed by atoms with Gasteiger partial charge >= 0.3 is 0 Å². The van der Waals surface area contributed by atoms with Gasteiger partial charge in [-0.25, -0.2) is 4.98 Å². The third kappa shape index (κ3) is 7.59. The number of hydrogen-bond acceptors (Lipinski definition) is 3. The molecule has 3 aromatic carbocycles. The Balaban J connectivity index is 1.23. The minimum atomic E-state index is 0.0120. The van der Waals surface area contributed by atoms with E-state index in [4.69, 9.17) is 21.3 Å². The van der Waals surface area contributed by atoms with Crippen molar-refractivity contribution in [3.05, 3.63) is 94.3 Å². The van der Waals surface area contributed by atoms with E-state index in [1.165, 1.54) is 16.6 Å². The number of unbranched alkanes of at least 4 members (excludes halogenated alkanes) is 2. The van der Waals surface area contributed by atoms with Gasteiger partial charge in [0.25, 0.3) is 0 Å². The van der Waals surface area contributed by atoms with Crippen molar-refractivity contribution >= 4 is 28.5 Å². The van der Waals surface area contributed by atoms with E-state index in [-0.39, 0.29) is 5.91 Å². The summed E-state index contributed by atoms with van der Waals surface area (Å²) in [6.07, 6.45) is 5.15. The van der Waals surface area contributed by atoms with Crippen LogP contribution in [0.2, 0.25) is 5.02 Å². The van der Waals surface area contributed by atoms with Gasteiger partial charge in [-0.1, -0.05) is 66.0 Å². The molecule has 1 amide bonds. The lowest BCUT2D eigenvalue weighted by Gasteiger charge is -2.12. The number of aryl methyl sites for hydroxylation is 4. The zero-order chi connectivity index (χ0) is 26.0. The molecule has 0 saturated carbocycles. The average Bonchev–Trinajstić information content (AvgIpc) is 3.23. The highest BCUT2D eigenvalue weighted by Gasteiger charge is 2.11. The van der Waals surface area contributed by atoms with Crippen molar-refractivity contribution in [2.75, 3.05) is 13.2 Å². The number of carbonyl (C=O) groups is 1. The average molecular weight is 518 g/mol. The van der Waals surface area contributed by atoms with Crippen molar-refractivity contribution in [3.63, 3.8) is 0 Å². The Kier molecular flexibility index (Phi) is 9.61. The number of imidazole rings is 1. The van der Waals surface area contributed by atoms with Crippen molar-refractivity contribution in [2.45, 2.75) is 58.9 Å². The molecule has 194 valence electrons. The molecule has 0 radical (unpaired) electrons. The Labute approximate surface area is 224 Å². The highest BCUT2D eigenvalue weighted by Crippen LogP contribution is 2.21. The maximum absolute atomic E-state index is 12.2. The van der Waals surface area contributed by atoms with E-state index in [1.54, 1.807) is 0 Å². The quantitative estimate of drug-likeness (QED) is 0.197. The molecule has 0 aliphatic heterocycles. The number of rotatable bonds is 13. The molecule has 0 aliphatic carbocycles. The van der Waals surface area contributed by atoms with E-state index in [0.717, 1.165) is 61.3 Å². The molecule has 37 heavy (non-hydrogen) atoms. The Bertz CT molecular complexity index is 1330. The molecule has 4 rings (SSSR count). The number of nitrogens with one attached hydrogen (secondary N) is 1. The summed E-state index contributed by atoms with van der Waals surface area (Å²) in [6, 6.07) is 22.1. The lowest BCUT2D eigenvalue weighted by molar-refractivity contribution is -0.120. The summed E-state index contributed by atoms with van der Waals surface area (Å²) in [5.41, 5.74) is 5.50. The summed E-state index contributed by atoms with van der Waals surface area (Å²) in [6.45, 7) is 6.41. The van der Waals surface area contributed by atoms with Crippen LogP contribution in [0.25, 0.3) is 11.0 Å². The first-order valence-electron chi connectivity index (χ1n) is 13.2. The second-order valence-corrected chi connectivity index (χ2v) is 9.98. The number of hydrogen-bond donors (Lipinski definition) is 1. The van der Waals surface area contributed by atoms with E-state index < -0.39 is 0 Å². The Morgan fingerprint density at radius 3 is 2.62 bits per heavy atom. The van der Waals surface area contributed by atoms with Crippen LogP contribution in [-0.2, 0) is 24.2 Å². The first-order chi connectivity index (χ1) is 18.0. The van der Waals surface area contributed by atoms with Gasteiger partial charge in [0.1, 0.15) is 11.6 Å². The Morgan fingerprint density at radius 2 is 1.78 bits per heavy atom. The number of para-hydroxylation sites is 2. The predicted molar refractivity (Wildman–Crippen MR) is 151 cm³/mol. The van der Waals surface area contributed by atoms with Crippen LogP contribution in [0, 0.1) is 13.8 Å². The summed E-state index contributed by atoms with van der Waals surface area (Å²) in [7, 11) is 0. The molecule has 0 aliphatic rings. The zero-order valence-electron chi connectivity index (χ0n) is 21.8. The lowest BCUT2D eigenvalue weighted by Crippen LogP contribution is -2.26. The molecule has 0 fully saturated rings. The van der Waals surface area contributed by atoms with Crippen LogP contribution in [0.3, 0.4) is 0 Å². The monoisotopic (exact) mass is 517 g/mol. The third-order valence-electron chi connectivity index (χ3n) is 6.56. The van der Waals surface area contributed by atoms with Gasteiger partial charge in [0, 0.05) is 24.5 Å². The van der Waals surface area contributed by atoms with Gasteiger partial charge in [-0.05, 0) is 68.5 Å². The van der Waals surface area contributed by atoms with Crippen molar-refractivity contribution in [2.24, 2.45) is 0 Å². The van der Waals surface area contributed by atoms with Crippen molar-refractivity contribution in [1.82, 2.24) is 14.9 Å². The summed E-state index contributed by atoms with van der Waals surface area (Å²) < 4.78 is 8.39. The second kappa shape index (κ2) is 13.3. The van der Waals surface area contributed by atoms with E-state index in [1.807, 2.05) is 30.3 Å². The number of benzene rings is 3. The molecule has 5 nitrogen and oxygen atoms in total. The van der Waals surface area contributed by atoms with Crippen LogP contribution in [0.4, 0.5) is 0 Å². The standard InChI is InChI=1S/C31H36ClN3O2/c1-23-16-17-29(24(2)21-23)37-20-10-19-35-28-14-8-7-13-27(28)34-30(35)15-4-3-9-18-33-31(36)22-25-11-5-6-12-26(25)32/h5-8,11-14,16-17,21H,3-4,9-10,15,18-20,22H2,1-2H3,(H,33,36). The van der Waals surface area contributed by atoms with E-state index in [0.29, 0.717) is 24.6 Å². The zero-order valence-corrected chi connectivity index (χ0v) is 22.6. The van der Waals surface area contributed by atoms with Crippen molar-refractivity contribution in [1.29, 1.82) is 0 Å². The van der Waals surface area contributed by atoms with Gasteiger partial charge in [0.15, 0.2) is 0 Å². The Hall–Kier alpha value is -3.31. The fourth-order valence-corrected chi connectivity index (χ4v) is 4.82. The van der Waals surface area contributed by atoms with E-state index >= 15 is 0 Å². The van der Waals surface area contributed by atoms with Gasteiger partial charge in [-0.2, -0.15) is 0 Å². The van der Waals surface area contributed by atoms with Crippen LogP contribution in [0.5, 0.6) is 5.75 Å². The normalized spacial score (nSPS) is 11.1. The first-order valence-corrected chi connectivity index (χ1v) is 13.5. The van der Waals surface area contributed by atoms with Crippen LogP contribution >= 0.6 is 11.6 Å². The molecule has 0 saturated heterocycles. The van der Waals surface area contributed by atoms with Gasteiger partial charge in [0.05, 0.1) is 24.1 Å². The number of fused-ring (bicyclic) bond motifs is 1. The van der Waals surface area contributed by atoms with Gasteiger partial charge < -0.3 is 14.6 Å². The fraction of sp³-hybridized carbons (Fsp3) is 0.355. The highest BCUT2D eigenvalue weighted by molar-refractivity contribution is 6.31. The second-order valence-electron chi connectivity index (χ2n) is 9.57. The minimum absolute atomic E-state index is 0.0120. The lowest BCUT2D eigenvalue weighted by atomic mass is 10.1. The number of aromatic nitrogens is 2. The highest BCUT2D eigenvalue weighted by atomic mass is 35.5. The number of ether oxygens (including phenoxy) is 1. The summed E-state index contributed by atoms with van der Waals surface area (Å²) >= 11 is 6.16. The van der Waals surface area contributed by atoms with E-state index in [2.05, 4.69) is 60.1 Å². The number of carbonyl (C=O) groups excluding carboxylic acids is 1. The van der Waals surface area contributed by atoms with Gasteiger partial charge in [-0.15, -0.1) is 0 Å². The number of nitrogens with zero attached hydrogens (tertiary/aromatic N) is 2. The van der Waals surface area contributed by atoms with Gasteiger partial charge in [0.2, 0.25) is 5.91 Å². The predicted octanol–water partition coefficient (Wildman–Crippen LogP) is 6.85. The molecule has 0 bridgehead atoms. The van der Waals surface area contributed by atoms with Crippen LogP contribution in [0.1, 0.15) is 48.2 Å². The molecular formula is C31H36ClN3O2. The molecule has 0 spiro atoms. The van der Waals surface area contributed by atoms with Gasteiger partial charge in [-0.3, -0.25) is 4.79 Å². The Morgan fingerprint density at radius 1 is 0.973 bits per heavy atom. The molecule has 0 unspecified atom stereocenters. The molecule has 1 heterocycles. The maximum Gasteiger partial charge on any atom is 0.224 e. The number of halogens is 1. The fourth-order valence-electron chi connectivity index (χ4n) is 4.62. The summed E-state index contributed by atoms with van der Waals surface area (Å²) in [5.74, 6) is 2.09. The third-order valence-corrected chi connectivity index (χ3v) is 6.92. The molecule has 1 N–H and O–H groups in total. The molecule has 6 heteroatoms. The van der Waals surface area contributed by atoms with Crippen LogP contribution < -0.4 is 10.1 Å².